The first kappa shape index (κ1) is 67.0. The monoisotopic (exact) mass is 1210 g/mol. The molecule has 22 nitrogen and oxygen atoms in total. The van der Waals surface area contributed by atoms with E-state index in [0.29, 0.717) is 98.3 Å². The topological polar surface area (TPSA) is 265 Å². The minimum atomic E-state index is -3.76. The molecule has 0 radical (unpaired) electrons. The predicted molar refractivity (Wildman–Crippen MR) is 313 cm³/mol. The Hall–Kier alpha value is -5.84. The Morgan fingerprint density at radius 3 is 1.50 bits per heavy atom. The number of nitriles is 1. The average molecular weight is 1220 g/mol. The van der Waals surface area contributed by atoms with Gasteiger partial charge in [-0.1, -0.05) is 30.1 Å². The highest BCUT2D eigenvalue weighted by Gasteiger charge is 2.39. The van der Waals surface area contributed by atoms with Gasteiger partial charge < -0.3 is 59.5 Å². The van der Waals surface area contributed by atoms with Crippen molar-refractivity contribution in [1.82, 2.24) is 40.5 Å². The summed E-state index contributed by atoms with van der Waals surface area (Å²) in [6.45, 7) is 14.1. The molecule has 4 amide bonds. The molecule has 6 N–H and O–H groups in total. The van der Waals surface area contributed by atoms with Crippen molar-refractivity contribution in [3.63, 3.8) is 0 Å². The molecular weight excluding hydrogens is 1140 g/mol. The van der Waals surface area contributed by atoms with Crippen LogP contribution in [0.4, 0.5) is 15.3 Å². The second-order valence-corrected chi connectivity index (χ2v) is 23.8. The number of carbonyl (C=O) groups excluding carboxylic acids is 2. The van der Waals surface area contributed by atoms with Gasteiger partial charge in [0.05, 0.1) is 86.3 Å². The van der Waals surface area contributed by atoms with Gasteiger partial charge in [0.1, 0.15) is 23.7 Å². The summed E-state index contributed by atoms with van der Waals surface area (Å²) in [5.74, 6) is 1.03. The summed E-state index contributed by atoms with van der Waals surface area (Å²) >= 11 is 12.5. The molecule has 2 aliphatic carbocycles. The highest BCUT2D eigenvalue weighted by molar-refractivity contribution is 7.89. The van der Waals surface area contributed by atoms with Gasteiger partial charge in [-0.05, 0) is 155 Å². The largest absolute Gasteiger partial charge is 0.484 e. The number of rotatable bonds is 32. The third kappa shape index (κ3) is 20.8. The number of amides is 4. The number of benzene rings is 4. The highest BCUT2D eigenvalue weighted by atomic mass is 35.5. The molecule has 0 saturated heterocycles. The molecule has 0 heterocycles. The zero-order valence-corrected chi connectivity index (χ0v) is 50.4. The number of hydrogen-bond donors (Lipinski definition) is 6. The lowest BCUT2D eigenvalue weighted by Crippen LogP contribution is -2.38. The molecule has 0 aliphatic heterocycles. The van der Waals surface area contributed by atoms with Crippen LogP contribution in [0, 0.1) is 17.9 Å². The zero-order chi connectivity index (χ0) is 59.7. The summed E-state index contributed by atoms with van der Waals surface area (Å²) in [7, 11) is 1.95. The number of hydrogen-bond acceptors (Lipinski definition) is 15. The van der Waals surface area contributed by atoms with Crippen LogP contribution < -0.4 is 40.2 Å². The van der Waals surface area contributed by atoms with Crippen LogP contribution in [0.15, 0.2) is 82.6 Å². The third-order valence-electron chi connectivity index (χ3n) is 13.1. The van der Waals surface area contributed by atoms with Gasteiger partial charge in [0, 0.05) is 56.4 Å². The van der Waals surface area contributed by atoms with Gasteiger partial charge in [0.25, 0.3) is 0 Å². The molecular formula is C56H76Cl2N10O12S2. The molecule has 26 heteroatoms. The van der Waals surface area contributed by atoms with Crippen molar-refractivity contribution in [2.45, 2.75) is 73.1 Å². The van der Waals surface area contributed by atoms with Crippen LogP contribution in [0.25, 0.3) is 4.85 Å². The highest BCUT2D eigenvalue weighted by Crippen LogP contribution is 2.44. The normalized spacial score (nSPS) is 16.3. The Balaban J connectivity index is 0.000000314. The number of nitrogens with one attached hydrogen (secondary N) is 6. The summed E-state index contributed by atoms with van der Waals surface area (Å²) in [4.78, 5) is 30.8. The van der Waals surface area contributed by atoms with Gasteiger partial charge in [0.15, 0.2) is 5.69 Å². The Bertz CT molecular complexity index is 3000. The molecule has 2 aliphatic rings. The number of carbonyl (C=O) groups is 2. The summed E-state index contributed by atoms with van der Waals surface area (Å²) in [6.07, 6.45) is 3.03. The van der Waals surface area contributed by atoms with Crippen LogP contribution in [-0.2, 0) is 51.8 Å². The molecule has 6 rings (SSSR count). The second-order valence-electron chi connectivity index (χ2n) is 19.4. The first-order chi connectivity index (χ1) is 39.3. The number of likely N-dealkylation sites (N-methyl/N-ethyl adjacent to an activating group) is 2. The Morgan fingerprint density at radius 2 is 1.05 bits per heavy atom. The molecule has 0 fully saturated rings. The number of unbranched alkanes of at least 4 members (excludes halogenated alkanes) is 1. The molecule has 4 aromatic carbocycles. The van der Waals surface area contributed by atoms with Crippen molar-refractivity contribution >= 4 is 61.0 Å². The minimum absolute atomic E-state index is 0.00742. The maximum absolute atomic E-state index is 12.8. The first-order valence-corrected chi connectivity index (χ1v) is 30.6. The Kier molecular flexibility index (Phi) is 27.8. The van der Waals surface area contributed by atoms with Crippen LogP contribution in [0.5, 0.6) is 11.5 Å². The molecule has 448 valence electrons. The van der Waals surface area contributed by atoms with Crippen LogP contribution in [0.2, 0.25) is 10.0 Å². The van der Waals surface area contributed by atoms with E-state index >= 15 is 0 Å². The van der Waals surface area contributed by atoms with Gasteiger partial charge in [-0.25, -0.2) is 40.7 Å². The lowest BCUT2D eigenvalue weighted by Gasteiger charge is -2.27. The van der Waals surface area contributed by atoms with Gasteiger partial charge in [0.2, 0.25) is 20.0 Å². The van der Waals surface area contributed by atoms with Gasteiger partial charge in [-0.2, -0.15) is 5.26 Å². The number of urea groups is 2. The standard InChI is InChI=1S/C31H44ClN7O7S.C25H32ClN3O5S/c1-33-27-20-22(32)19-26-25(27)21-28(39(3)4)29(26)46-23-7-9-24(10-8-23)47(42,43)38-14-16-45-18-17-44-15-13-37-31(41)36-12-6-5-11-35-30(40)34-2;1-4-10-32-12-13-33-11-9-28-35(30,31)21-7-5-20(6-8-21)34-25-23-15-19(26)14-18(17-27)22(23)16-24(25)29(2)3/h7-10,19-20,28-29,38H,5-6,11-18,21H2,2-4H3,(H2,34,35,40)(H2,36,37,41);5-8,14-15,24-25,28H,4,9-13,16H2,1-3H3/t28-,29-;24-,25-/m00/s1. The van der Waals surface area contributed by atoms with Gasteiger partial charge >= 0.3 is 12.1 Å². The van der Waals surface area contributed by atoms with E-state index in [-0.39, 0.29) is 79.1 Å². The summed E-state index contributed by atoms with van der Waals surface area (Å²) in [6, 6.07) is 21.2. The van der Waals surface area contributed by atoms with Crippen molar-refractivity contribution in [3.8, 4) is 17.6 Å². The summed E-state index contributed by atoms with van der Waals surface area (Å²) in [5.41, 5.74) is 4.66. The Labute approximate surface area is 492 Å². The lowest BCUT2D eigenvalue weighted by atomic mass is 10.0. The SMILES string of the molecule is CCCOCCOCCNS(=O)(=O)c1ccc(O[C@H]2c3cc(Cl)cc(C#N)c3C[C@@H]2N(C)C)cc1.[C-]#[N+]c1cc(Cl)cc2c1C[C@H](N(C)C)[C@H]2Oc1ccc(S(=O)(=O)NCCOCCOCCNC(=O)NCCCCNC(=O)NC)cc1. The van der Waals surface area contributed by atoms with E-state index in [2.05, 4.69) is 46.5 Å². The molecule has 0 bridgehead atoms. The average Bonchev–Trinajstić information content (AvgIpc) is 3.89. The fourth-order valence-corrected chi connectivity index (χ4v) is 11.4. The van der Waals surface area contributed by atoms with Crippen molar-refractivity contribution in [2.75, 3.05) is 121 Å². The Morgan fingerprint density at radius 1 is 0.622 bits per heavy atom. The molecule has 82 heavy (non-hydrogen) atoms. The summed E-state index contributed by atoms with van der Waals surface area (Å²) in [5, 5.41) is 21.0. The molecule has 0 aromatic heterocycles. The fourth-order valence-electron chi connectivity index (χ4n) is 8.88. The van der Waals surface area contributed by atoms with Crippen LogP contribution in [0.3, 0.4) is 0 Å². The van der Waals surface area contributed by atoms with E-state index in [1.165, 1.54) is 24.3 Å². The maximum atomic E-state index is 12.8. The predicted octanol–water partition coefficient (Wildman–Crippen LogP) is 6.36. The van der Waals surface area contributed by atoms with Crippen molar-refractivity contribution in [3.05, 3.63) is 122 Å². The summed E-state index contributed by atoms with van der Waals surface area (Å²) < 4.78 is 90.0. The molecule has 0 unspecified atom stereocenters. The number of ether oxygens (including phenoxy) is 6. The van der Waals surface area contributed by atoms with Gasteiger partial charge in [-0.3, -0.25) is 0 Å². The molecule has 4 aromatic rings. The minimum Gasteiger partial charge on any atom is -0.484 e. The quantitative estimate of drug-likeness (QED) is 0.0230. The van der Waals surface area contributed by atoms with E-state index in [4.69, 9.17) is 58.2 Å². The maximum Gasteiger partial charge on any atom is 0.314 e. The van der Waals surface area contributed by atoms with E-state index in [0.717, 1.165) is 41.5 Å². The zero-order valence-electron chi connectivity index (χ0n) is 47.2. The lowest BCUT2D eigenvalue weighted by molar-refractivity contribution is 0.0502. The fraction of sp³-hybridized carbons (Fsp3) is 0.500. The number of sulfonamides is 2. The smallest absolute Gasteiger partial charge is 0.314 e. The first-order valence-electron chi connectivity index (χ1n) is 26.9. The number of fused-ring (bicyclic) bond motifs is 2. The van der Waals surface area contributed by atoms with Crippen molar-refractivity contribution in [1.29, 1.82) is 5.26 Å². The van der Waals surface area contributed by atoms with Crippen LogP contribution >= 0.6 is 23.2 Å². The van der Waals surface area contributed by atoms with Crippen molar-refractivity contribution in [2.24, 2.45) is 0 Å². The van der Waals surface area contributed by atoms with Gasteiger partial charge in [-0.15, -0.1) is 0 Å². The molecule has 0 spiro atoms. The van der Waals surface area contributed by atoms with E-state index in [1.807, 2.05) is 52.1 Å². The number of nitrogens with zero attached hydrogens (tertiary/aromatic N) is 4. The van der Waals surface area contributed by atoms with Crippen molar-refractivity contribution < 1.29 is 54.8 Å². The van der Waals surface area contributed by atoms with Crippen LogP contribution in [-0.4, -0.2) is 172 Å². The van der Waals surface area contributed by atoms with Crippen LogP contribution in [0.1, 0.15) is 66.2 Å². The van der Waals surface area contributed by atoms with E-state index in [9.17, 15) is 31.7 Å². The molecule has 0 saturated carbocycles. The second kappa shape index (κ2) is 34.1. The molecule has 4 atom stereocenters. The third-order valence-corrected chi connectivity index (χ3v) is 16.5. The van der Waals surface area contributed by atoms with E-state index in [1.54, 1.807) is 43.4 Å². The van der Waals surface area contributed by atoms with E-state index < -0.39 is 20.0 Å². The number of halogens is 2.